The molecule has 2 fully saturated rings. The van der Waals surface area contributed by atoms with Crippen molar-refractivity contribution in [3.8, 4) is 0 Å². The predicted octanol–water partition coefficient (Wildman–Crippen LogP) is 4.26. The van der Waals surface area contributed by atoms with Gasteiger partial charge in [0.15, 0.2) is 12.0 Å². The van der Waals surface area contributed by atoms with E-state index in [1.165, 1.54) is 32.2 Å². The molecule has 0 saturated carbocycles. The van der Waals surface area contributed by atoms with Gasteiger partial charge in [0.05, 0.1) is 19.8 Å². The Bertz CT molecular complexity index is 1040. The van der Waals surface area contributed by atoms with Crippen LogP contribution in [0.4, 0.5) is 0 Å². The van der Waals surface area contributed by atoms with Crippen LogP contribution in [0, 0.1) is 0 Å². The number of fused-ring (bicyclic) bond motifs is 1. The van der Waals surface area contributed by atoms with Gasteiger partial charge in [0.25, 0.3) is 0 Å². The Morgan fingerprint density at radius 3 is 2.79 bits per heavy atom. The fourth-order valence-corrected chi connectivity index (χ4v) is 5.55. The average molecular weight is 537 g/mol. The molecular formula is C21H21BrN4O6S. The van der Waals surface area contributed by atoms with Crippen molar-refractivity contribution in [2.75, 3.05) is 20.8 Å². The molecule has 2 aliphatic rings. The zero-order valence-corrected chi connectivity index (χ0v) is 20.1. The molecule has 0 aliphatic carbocycles. The second kappa shape index (κ2) is 10.8. The second-order valence-electron chi connectivity index (χ2n) is 7.23. The number of thioether (sulfide) groups is 1. The minimum atomic E-state index is -0.687. The van der Waals surface area contributed by atoms with E-state index < -0.39 is 42.0 Å². The first-order valence-corrected chi connectivity index (χ1v) is 11.7. The van der Waals surface area contributed by atoms with Gasteiger partial charge in [-0.25, -0.2) is 9.78 Å². The van der Waals surface area contributed by atoms with Crippen LogP contribution in [0.25, 0.3) is 10.4 Å². The Morgan fingerprint density at radius 2 is 2.09 bits per heavy atom. The molecule has 1 aromatic carbocycles. The van der Waals surface area contributed by atoms with Crippen molar-refractivity contribution in [1.82, 2.24) is 4.98 Å². The molecule has 0 N–H and O–H groups in total. The minimum absolute atomic E-state index is 0.145. The van der Waals surface area contributed by atoms with Crippen LogP contribution in [0.5, 0.6) is 0 Å². The van der Waals surface area contributed by atoms with Gasteiger partial charge in [0.2, 0.25) is 0 Å². The highest BCUT2D eigenvalue weighted by molar-refractivity contribution is 9.10. The number of benzene rings is 1. The number of azide groups is 1. The first-order chi connectivity index (χ1) is 16.0. The largest absolute Gasteiger partial charge is 0.464 e. The SMILES string of the molecule is COC(=O)c1ncc(Br)cc1S[C@H]1OC2COC(c3ccccc3)O[C@@H]2[C@H](N=[N+]=[N-])C1OC. The molecule has 4 rings (SSSR count). The number of pyridine rings is 1. The third-order valence-electron chi connectivity index (χ3n) is 5.28. The number of nitrogens with zero attached hydrogens (tertiary/aromatic N) is 4. The summed E-state index contributed by atoms with van der Waals surface area (Å²) in [5.41, 5.74) is 9.62. The van der Waals surface area contributed by atoms with Crippen LogP contribution in [-0.2, 0) is 23.7 Å². The maximum Gasteiger partial charge on any atom is 0.357 e. The molecule has 3 heterocycles. The third-order valence-corrected chi connectivity index (χ3v) is 6.89. The highest BCUT2D eigenvalue weighted by Crippen LogP contribution is 2.42. The monoisotopic (exact) mass is 536 g/mol. The molecule has 0 amide bonds. The van der Waals surface area contributed by atoms with E-state index in [0.717, 1.165) is 5.56 Å². The number of ether oxygens (including phenoxy) is 5. The number of hydrogen-bond donors (Lipinski definition) is 0. The molecule has 1 aromatic heterocycles. The number of carbonyl (C=O) groups excluding carboxylic acids is 1. The second-order valence-corrected chi connectivity index (χ2v) is 9.28. The zero-order chi connectivity index (χ0) is 23.4. The van der Waals surface area contributed by atoms with Gasteiger partial charge < -0.3 is 23.7 Å². The summed E-state index contributed by atoms with van der Waals surface area (Å²) in [5.74, 6) is -0.575. The van der Waals surface area contributed by atoms with Crippen molar-refractivity contribution < 1.29 is 28.5 Å². The molecule has 33 heavy (non-hydrogen) atoms. The van der Waals surface area contributed by atoms with Crippen molar-refractivity contribution in [2.24, 2.45) is 5.11 Å². The standard InChI is InChI=1S/C21H21BrN4O6S/c1-28-18-16(25-26-23)17-13(10-30-20(32-17)11-6-4-3-5-7-11)31-21(18)33-14-8-12(22)9-24-15(14)19(27)29-2/h3-9,13,16-18,20-21H,10H2,1-2H3/t13?,16-,17-,18?,20?,21+/m0/s1. The van der Waals surface area contributed by atoms with Crippen LogP contribution in [0.1, 0.15) is 22.3 Å². The van der Waals surface area contributed by atoms with E-state index in [9.17, 15) is 10.3 Å². The molecule has 2 aliphatic heterocycles. The maximum absolute atomic E-state index is 12.2. The molecule has 0 bridgehead atoms. The average Bonchev–Trinajstić information content (AvgIpc) is 2.84. The van der Waals surface area contributed by atoms with Crippen LogP contribution in [0.3, 0.4) is 0 Å². The fourth-order valence-electron chi connectivity index (χ4n) is 3.77. The van der Waals surface area contributed by atoms with Crippen molar-refractivity contribution in [2.45, 2.75) is 41.0 Å². The number of esters is 1. The smallest absolute Gasteiger partial charge is 0.357 e. The van der Waals surface area contributed by atoms with Gasteiger partial charge in [-0.1, -0.05) is 47.2 Å². The lowest BCUT2D eigenvalue weighted by molar-refractivity contribution is -0.298. The Balaban J connectivity index is 1.61. The van der Waals surface area contributed by atoms with E-state index in [-0.39, 0.29) is 12.3 Å². The quantitative estimate of drug-likeness (QED) is 0.232. The topological polar surface area (TPSA) is 125 Å². The maximum atomic E-state index is 12.2. The van der Waals surface area contributed by atoms with E-state index in [0.29, 0.717) is 9.37 Å². The summed E-state index contributed by atoms with van der Waals surface area (Å²) < 4.78 is 29.6. The summed E-state index contributed by atoms with van der Waals surface area (Å²) in [6.07, 6.45) is -0.856. The van der Waals surface area contributed by atoms with Crippen molar-refractivity contribution in [1.29, 1.82) is 0 Å². The molecule has 0 radical (unpaired) electrons. The third kappa shape index (κ3) is 5.17. The molecule has 174 valence electrons. The van der Waals surface area contributed by atoms with Gasteiger partial charge in [-0.15, -0.1) is 0 Å². The summed E-state index contributed by atoms with van der Waals surface area (Å²) >= 11 is 4.61. The summed E-state index contributed by atoms with van der Waals surface area (Å²) in [7, 11) is 2.80. The number of rotatable bonds is 6. The van der Waals surface area contributed by atoms with Gasteiger partial charge in [-0.05, 0) is 27.5 Å². The summed E-state index contributed by atoms with van der Waals surface area (Å²) in [5, 5.41) is 4.00. The van der Waals surface area contributed by atoms with Gasteiger partial charge in [-0.3, -0.25) is 0 Å². The number of aromatic nitrogens is 1. The van der Waals surface area contributed by atoms with Crippen LogP contribution in [0.15, 0.2) is 57.1 Å². The van der Waals surface area contributed by atoms with Gasteiger partial charge in [-0.2, -0.15) is 0 Å². The lowest BCUT2D eigenvalue weighted by Gasteiger charge is -2.47. The minimum Gasteiger partial charge on any atom is -0.464 e. The van der Waals surface area contributed by atoms with Gasteiger partial charge >= 0.3 is 5.97 Å². The van der Waals surface area contributed by atoms with E-state index in [4.69, 9.17) is 23.7 Å². The van der Waals surface area contributed by atoms with E-state index >= 15 is 0 Å². The normalized spacial score (nSPS) is 28.9. The van der Waals surface area contributed by atoms with E-state index in [1.54, 1.807) is 6.07 Å². The summed E-state index contributed by atoms with van der Waals surface area (Å²) in [6, 6.07) is 10.6. The van der Waals surface area contributed by atoms with Crippen molar-refractivity contribution in [3.05, 3.63) is 68.8 Å². The van der Waals surface area contributed by atoms with E-state index in [1.807, 2.05) is 30.3 Å². The fraction of sp³-hybridized carbons (Fsp3) is 0.429. The molecule has 10 nitrogen and oxygen atoms in total. The van der Waals surface area contributed by atoms with Crippen LogP contribution in [-0.4, -0.2) is 61.6 Å². The number of hydrogen-bond acceptors (Lipinski definition) is 9. The van der Waals surface area contributed by atoms with Gasteiger partial charge in [0.1, 0.15) is 23.7 Å². The Hall–Kier alpha value is -2.18. The highest BCUT2D eigenvalue weighted by atomic mass is 79.9. The summed E-state index contributed by atoms with van der Waals surface area (Å²) in [6.45, 7) is 0.232. The van der Waals surface area contributed by atoms with Crippen LogP contribution in [0.2, 0.25) is 0 Å². The molecule has 12 heteroatoms. The molecule has 0 spiro atoms. The van der Waals surface area contributed by atoms with Crippen LogP contribution < -0.4 is 0 Å². The molecular weight excluding hydrogens is 516 g/mol. The first-order valence-electron chi connectivity index (χ1n) is 10.0. The molecule has 2 aromatic rings. The predicted molar refractivity (Wildman–Crippen MR) is 122 cm³/mol. The zero-order valence-electron chi connectivity index (χ0n) is 17.7. The molecule has 3 unspecified atom stereocenters. The van der Waals surface area contributed by atoms with Crippen LogP contribution >= 0.6 is 27.7 Å². The number of carbonyl (C=O) groups is 1. The van der Waals surface area contributed by atoms with Gasteiger partial charge in [0, 0.05) is 33.2 Å². The number of methoxy groups -OCH3 is 2. The molecule has 6 atom stereocenters. The summed E-state index contributed by atoms with van der Waals surface area (Å²) in [4.78, 5) is 19.9. The first kappa shape index (κ1) is 24.0. The Morgan fingerprint density at radius 1 is 1.30 bits per heavy atom. The lowest BCUT2D eigenvalue weighted by Crippen LogP contribution is -2.60. The number of halogens is 1. The molecule has 2 saturated heterocycles. The highest BCUT2D eigenvalue weighted by Gasteiger charge is 2.50. The van der Waals surface area contributed by atoms with E-state index in [2.05, 4.69) is 30.9 Å². The van der Waals surface area contributed by atoms with Crippen molar-refractivity contribution >= 4 is 33.7 Å². The lowest BCUT2D eigenvalue weighted by atomic mass is 9.96. The van der Waals surface area contributed by atoms with Crippen molar-refractivity contribution in [3.63, 3.8) is 0 Å². The Labute approximate surface area is 202 Å². The Kier molecular flexibility index (Phi) is 7.86.